The number of carbonyl (C=O) groups is 2. The summed E-state index contributed by atoms with van der Waals surface area (Å²) in [4.78, 5) is 29.3. The topological polar surface area (TPSA) is 54.8 Å². The van der Waals surface area contributed by atoms with Crippen LogP contribution in [0.15, 0.2) is 36.5 Å². The molecule has 2 amide bonds. The Hall–Kier alpha value is -2.34. The van der Waals surface area contributed by atoms with Crippen molar-refractivity contribution in [2.45, 2.75) is 25.8 Å². The summed E-state index contributed by atoms with van der Waals surface area (Å²) in [5.74, 6) is 0.271. The fourth-order valence-corrected chi connectivity index (χ4v) is 4.16. The zero-order valence-electron chi connectivity index (χ0n) is 15.7. The first kappa shape index (κ1) is 18.0. The third-order valence-corrected chi connectivity index (χ3v) is 5.69. The van der Waals surface area contributed by atoms with Crippen LogP contribution in [0.2, 0.25) is 0 Å². The fraction of sp³-hybridized carbons (Fsp3) is 0.524. The number of ether oxygens (including phenoxy) is 1. The molecule has 0 radical (unpaired) electrons. The van der Waals surface area contributed by atoms with Crippen LogP contribution in [0.3, 0.4) is 0 Å². The molecule has 1 aromatic heterocycles. The number of amides is 2. The Morgan fingerprint density at radius 1 is 1.04 bits per heavy atom. The Morgan fingerprint density at radius 2 is 1.85 bits per heavy atom. The molecule has 0 aliphatic carbocycles. The highest BCUT2D eigenvalue weighted by molar-refractivity contribution is 5.82. The molecule has 1 unspecified atom stereocenters. The van der Waals surface area contributed by atoms with E-state index in [0.29, 0.717) is 45.8 Å². The standard InChI is InChI=1S/C21H27N3O3/c25-20(8-11-22-10-7-17-4-1-2-6-19(17)22)24-9-3-5-18(16-24)21(26)23-12-14-27-15-13-23/h1-2,4,6-7,10,18H,3,5,8-9,11-16H2. The molecular weight excluding hydrogens is 342 g/mol. The monoisotopic (exact) mass is 369 g/mol. The number of rotatable bonds is 4. The molecule has 4 rings (SSSR count). The maximum Gasteiger partial charge on any atom is 0.227 e. The Morgan fingerprint density at radius 3 is 2.70 bits per heavy atom. The first-order chi connectivity index (χ1) is 13.2. The van der Waals surface area contributed by atoms with Crippen molar-refractivity contribution in [3.05, 3.63) is 36.5 Å². The summed E-state index contributed by atoms with van der Waals surface area (Å²) in [7, 11) is 0. The summed E-state index contributed by atoms with van der Waals surface area (Å²) < 4.78 is 7.47. The van der Waals surface area contributed by atoms with Crippen LogP contribution in [-0.4, -0.2) is 65.6 Å². The molecule has 0 saturated carbocycles. The highest BCUT2D eigenvalue weighted by Crippen LogP contribution is 2.21. The minimum atomic E-state index is -0.0618. The van der Waals surface area contributed by atoms with E-state index in [1.165, 1.54) is 5.39 Å². The van der Waals surface area contributed by atoms with Gasteiger partial charge in [0.1, 0.15) is 0 Å². The van der Waals surface area contributed by atoms with Crippen molar-refractivity contribution >= 4 is 22.7 Å². The SMILES string of the molecule is O=C(CCn1ccc2ccccc21)N1CCCC(C(=O)N2CCOCC2)C1. The molecule has 1 aromatic carbocycles. The smallest absolute Gasteiger partial charge is 0.227 e. The van der Waals surface area contributed by atoms with Crippen LogP contribution in [0.1, 0.15) is 19.3 Å². The van der Waals surface area contributed by atoms with Crippen LogP contribution >= 0.6 is 0 Å². The van der Waals surface area contributed by atoms with E-state index in [1.807, 2.05) is 28.1 Å². The highest BCUT2D eigenvalue weighted by atomic mass is 16.5. The lowest BCUT2D eigenvalue weighted by molar-refractivity contribution is -0.144. The number of carbonyl (C=O) groups excluding carboxylic acids is 2. The van der Waals surface area contributed by atoms with Crippen LogP contribution in [0.5, 0.6) is 0 Å². The van der Waals surface area contributed by atoms with Gasteiger partial charge in [-0.1, -0.05) is 18.2 Å². The van der Waals surface area contributed by atoms with Gasteiger partial charge in [0.15, 0.2) is 0 Å². The molecule has 1 atom stereocenters. The molecule has 3 heterocycles. The van der Waals surface area contributed by atoms with Gasteiger partial charge < -0.3 is 19.1 Å². The van der Waals surface area contributed by atoms with Gasteiger partial charge in [0.2, 0.25) is 11.8 Å². The van der Waals surface area contributed by atoms with Crippen LogP contribution in [-0.2, 0) is 20.9 Å². The van der Waals surface area contributed by atoms with Crippen molar-refractivity contribution < 1.29 is 14.3 Å². The van der Waals surface area contributed by atoms with Crippen LogP contribution in [0.4, 0.5) is 0 Å². The average Bonchev–Trinajstić information content (AvgIpc) is 3.15. The predicted molar refractivity (Wildman–Crippen MR) is 103 cm³/mol. The first-order valence-corrected chi connectivity index (χ1v) is 9.90. The fourth-order valence-electron chi connectivity index (χ4n) is 4.16. The molecule has 6 nitrogen and oxygen atoms in total. The highest BCUT2D eigenvalue weighted by Gasteiger charge is 2.31. The molecule has 0 N–H and O–H groups in total. The molecule has 144 valence electrons. The van der Waals surface area contributed by atoms with Crippen molar-refractivity contribution in [3.63, 3.8) is 0 Å². The number of hydrogen-bond acceptors (Lipinski definition) is 3. The average molecular weight is 369 g/mol. The van der Waals surface area contributed by atoms with Gasteiger partial charge in [-0.2, -0.15) is 0 Å². The second-order valence-electron chi connectivity index (χ2n) is 7.43. The Balaban J connectivity index is 1.33. The minimum Gasteiger partial charge on any atom is -0.378 e. The molecule has 2 aromatic rings. The molecule has 2 saturated heterocycles. The number of hydrogen-bond donors (Lipinski definition) is 0. The second kappa shape index (κ2) is 8.13. The van der Waals surface area contributed by atoms with Gasteiger partial charge in [-0.05, 0) is 30.4 Å². The third-order valence-electron chi connectivity index (χ3n) is 5.69. The predicted octanol–water partition coefficient (Wildman–Crippen LogP) is 2.13. The molecule has 27 heavy (non-hydrogen) atoms. The van der Waals surface area contributed by atoms with Gasteiger partial charge in [0, 0.05) is 50.9 Å². The molecule has 6 heteroatoms. The van der Waals surface area contributed by atoms with Gasteiger partial charge in [0.25, 0.3) is 0 Å². The number of benzene rings is 1. The van der Waals surface area contributed by atoms with E-state index in [2.05, 4.69) is 22.8 Å². The molecule has 0 spiro atoms. The van der Waals surface area contributed by atoms with E-state index in [-0.39, 0.29) is 17.7 Å². The molecular formula is C21H27N3O3. The van der Waals surface area contributed by atoms with E-state index >= 15 is 0 Å². The van der Waals surface area contributed by atoms with Gasteiger partial charge >= 0.3 is 0 Å². The summed E-state index contributed by atoms with van der Waals surface area (Å²) >= 11 is 0. The normalized spacial score (nSPS) is 20.8. The lowest BCUT2D eigenvalue weighted by Gasteiger charge is -2.36. The van der Waals surface area contributed by atoms with Gasteiger partial charge in [0.05, 0.1) is 19.1 Å². The van der Waals surface area contributed by atoms with Crippen molar-refractivity contribution in [1.29, 1.82) is 0 Å². The number of aryl methyl sites for hydroxylation is 1. The summed E-state index contributed by atoms with van der Waals surface area (Å²) in [5.41, 5.74) is 1.16. The number of para-hydroxylation sites is 1. The first-order valence-electron chi connectivity index (χ1n) is 9.90. The van der Waals surface area contributed by atoms with Crippen molar-refractivity contribution in [2.75, 3.05) is 39.4 Å². The minimum absolute atomic E-state index is 0.0618. The zero-order chi connectivity index (χ0) is 18.6. The van der Waals surface area contributed by atoms with Crippen LogP contribution < -0.4 is 0 Å². The van der Waals surface area contributed by atoms with Crippen molar-refractivity contribution in [1.82, 2.24) is 14.4 Å². The summed E-state index contributed by atoms with van der Waals surface area (Å²) in [6.07, 6.45) is 4.29. The number of fused-ring (bicyclic) bond motifs is 1. The number of likely N-dealkylation sites (tertiary alicyclic amines) is 1. The maximum absolute atomic E-state index is 12.7. The van der Waals surface area contributed by atoms with E-state index in [1.54, 1.807) is 0 Å². The molecule has 2 aliphatic rings. The number of nitrogens with zero attached hydrogens (tertiary/aromatic N) is 3. The van der Waals surface area contributed by atoms with Gasteiger partial charge in [-0.3, -0.25) is 9.59 Å². The number of morpholine rings is 1. The lowest BCUT2D eigenvalue weighted by atomic mass is 9.96. The Kier molecular flexibility index (Phi) is 5.43. The van der Waals surface area contributed by atoms with Crippen LogP contribution in [0, 0.1) is 5.92 Å². The van der Waals surface area contributed by atoms with Crippen molar-refractivity contribution in [3.8, 4) is 0 Å². The van der Waals surface area contributed by atoms with E-state index in [0.717, 1.165) is 24.9 Å². The van der Waals surface area contributed by atoms with E-state index in [9.17, 15) is 9.59 Å². The molecule has 2 fully saturated rings. The lowest BCUT2D eigenvalue weighted by Crippen LogP contribution is -2.49. The quantitative estimate of drug-likeness (QED) is 0.830. The van der Waals surface area contributed by atoms with Gasteiger partial charge in [-0.15, -0.1) is 0 Å². The van der Waals surface area contributed by atoms with E-state index < -0.39 is 0 Å². The second-order valence-corrected chi connectivity index (χ2v) is 7.43. The summed E-state index contributed by atoms with van der Waals surface area (Å²) in [6, 6.07) is 10.3. The Bertz CT molecular complexity index is 810. The summed E-state index contributed by atoms with van der Waals surface area (Å²) in [5, 5.41) is 1.19. The largest absolute Gasteiger partial charge is 0.378 e. The third kappa shape index (κ3) is 4.00. The maximum atomic E-state index is 12.7. The number of piperidine rings is 1. The number of aromatic nitrogens is 1. The Labute approximate surface area is 159 Å². The summed E-state index contributed by atoms with van der Waals surface area (Å²) in [6.45, 7) is 4.57. The zero-order valence-corrected chi connectivity index (χ0v) is 15.7. The van der Waals surface area contributed by atoms with Crippen LogP contribution in [0.25, 0.3) is 10.9 Å². The van der Waals surface area contributed by atoms with E-state index in [4.69, 9.17) is 4.74 Å². The van der Waals surface area contributed by atoms with Gasteiger partial charge in [-0.25, -0.2) is 0 Å². The molecule has 0 bridgehead atoms. The van der Waals surface area contributed by atoms with Crippen molar-refractivity contribution in [2.24, 2.45) is 5.92 Å². The molecule has 2 aliphatic heterocycles.